The molecule has 0 aromatic carbocycles. The first-order valence-electron chi connectivity index (χ1n) is 8.70. The van der Waals surface area contributed by atoms with E-state index in [4.69, 9.17) is 0 Å². The van der Waals surface area contributed by atoms with Crippen molar-refractivity contribution in [3.63, 3.8) is 0 Å². The third-order valence-corrected chi connectivity index (χ3v) is 5.18. The number of aromatic nitrogens is 4. The maximum absolute atomic E-state index is 14.0. The molecule has 0 amide bonds. The molecule has 3 fully saturated rings. The number of anilines is 1. The molecule has 0 spiro atoms. The van der Waals surface area contributed by atoms with Crippen LogP contribution < -0.4 is 10.6 Å². The summed E-state index contributed by atoms with van der Waals surface area (Å²) < 4.78 is 14.0. The summed E-state index contributed by atoms with van der Waals surface area (Å²) in [4.78, 5) is 32.6. The number of aromatic amines is 1. The highest BCUT2D eigenvalue weighted by Crippen LogP contribution is 2.54. The molecule has 2 aromatic heterocycles. The van der Waals surface area contributed by atoms with Gasteiger partial charge in [-0.3, -0.25) is 4.99 Å². The Labute approximate surface area is 155 Å². The van der Waals surface area contributed by atoms with Gasteiger partial charge in [0.25, 0.3) is 0 Å². The van der Waals surface area contributed by atoms with Crippen LogP contribution in [-0.4, -0.2) is 38.2 Å². The lowest BCUT2D eigenvalue weighted by Gasteiger charge is -2.37. The van der Waals surface area contributed by atoms with Crippen LogP contribution in [0, 0.1) is 5.41 Å². The monoisotopic (exact) mass is 366 g/mol. The smallest absolute Gasteiger partial charge is 0.337 e. The van der Waals surface area contributed by atoms with Crippen molar-refractivity contribution < 1.29 is 4.39 Å². The van der Waals surface area contributed by atoms with Crippen LogP contribution in [0.2, 0.25) is 0 Å². The van der Waals surface area contributed by atoms with E-state index in [-0.39, 0.29) is 11.5 Å². The van der Waals surface area contributed by atoms with Gasteiger partial charge in [0.05, 0.1) is 5.71 Å². The van der Waals surface area contributed by atoms with Gasteiger partial charge in [-0.15, -0.1) is 0 Å². The van der Waals surface area contributed by atoms with Gasteiger partial charge in [0, 0.05) is 60.1 Å². The number of allylic oxidation sites excluding steroid dienone is 2. The number of rotatable bonds is 5. The van der Waals surface area contributed by atoms with Crippen LogP contribution in [0.3, 0.4) is 0 Å². The lowest BCUT2D eigenvalue weighted by Crippen LogP contribution is -2.41. The number of hydrogen-bond acceptors (Lipinski definition) is 6. The number of fused-ring (bicyclic) bond motifs is 1. The molecule has 2 aromatic rings. The lowest BCUT2D eigenvalue weighted by atomic mass is 9.66. The van der Waals surface area contributed by atoms with Gasteiger partial charge < -0.3 is 9.88 Å². The molecular formula is C19H19FN6O. The molecule has 27 heavy (non-hydrogen) atoms. The van der Waals surface area contributed by atoms with E-state index in [9.17, 15) is 9.18 Å². The van der Waals surface area contributed by atoms with Gasteiger partial charge in [-0.25, -0.2) is 24.1 Å². The summed E-state index contributed by atoms with van der Waals surface area (Å²) in [6, 6.07) is 0.278. The third kappa shape index (κ3) is 2.97. The summed E-state index contributed by atoms with van der Waals surface area (Å²) in [6.45, 7) is 5.93. The second kappa shape index (κ2) is 6.53. The predicted octanol–water partition coefficient (Wildman–Crippen LogP) is 2.65. The molecule has 1 aliphatic carbocycles. The van der Waals surface area contributed by atoms with Gasteiger partial charge in [-0.05, 0) is 19.8 Å². The minimum Gasteiger partial charge on any atom is -0.337 e. The Kier molecular flexibility index (Phi) is 4.18. The Morgan fingerprint density at radius 2 is 2.04 bits per heavy atom. The van der Waals surface area contributed by atoms with Crippen LogP contribution in [-0.2, 0) is 0 Å². The molecule has 0 unspecified atom stereocenters. The van der Waals surface area contributed by atoms with Crippen LogP contribution in [0.15, 0.2) is 59.3 Å². The zero-order chi connectivity index (χ0) is 19.0. The third-order valence-electron chi connectivity index (χ3n) is 5.18. The maximum atomic E-state index is 14.0. The first-order chi connectivity index (χ1) is 13.0. The highest BCUT2D eigenvalue weighted by molar-refractivity contribution is 6.04. The van der Waals surface area contributed by atoms with Gasteiger partial charge >= 0.3 is 5.69 Å². The molecule has 2 aliphatic heterocycles. The van der Waals surface area contributed by atoms with Crippen LogP contribution in [0.5, 0.6) is 0 Å². The summed E-state index contributed by atoms with van der Waals surface area (Å²) in [7, 11) is 0. The minimum absolute atomic E-state index is 0.278. The zero-order valence-corrected chi connectivity index (χ0v) is 14.9. The van der Waals surface area contributed by atoms with Crippen molar-refractivity contribution in [2.45, 2.75) is 25.8 Å². The first kappa shape index (κ1) is 17.3. The van der Waals surface area contributed by atoms with Gasteiger partial charge in [-0.1, -0.05) is 12.7 Å². The van der Waals surface area contributed by atoms with Gasteiger partial charge in [0.2, 0.25) is 5.95 Å². The molecular weight excluding hydrogens is 347 g/mol. The number of aliphatic imine (C=N–C) groups is 1. The van der Waals surface area contributed by atoms with Crippen molar-refractivity contribution in [1.29, 1.82) is 0 Å². The van der Waals surface area contributed by atoms with E-state index in [1.807, 2.05) is 6.92 Å². The minimum atomic E-state index is -0.477. The molecule has 5 rings (SSSR count). The quantitative estimate of drug-likeness (QED) is 0.822. The predicted molar refractivity (Wildman–Crippen MR) is 101 cm³/mol. The Balaban J connectivity index is 1.55. The molecule has 1 N–H and O–H groups in total. The molecule has 138 valence electrons. The molecule has 2 bridgehead atoms. The van der Waals surface area contributed by atoms with E-state index in [2.05, 4.69) is 36.4 Å². The Morgan fingerprint density at radius 3 is 2.63 bits per heavy atom. The standard InChI is InChI=1S/C19H19FN6O/c1-3-4-21-16(12(2)20)19-5-15(6-19)26(11-19)17-22-7-13(8-23-17)14-9-24-18(27)25-10-14/h3-4,7-10,15H,2,5-6,11H2,1H3,(H,24,25,27)/b4-3-,21-16?. The maximum Gasteiger partial charge on any atom is 0.344 e. The molecule has 8 heteroatoms. The van der Waals surface area contributed by atoms with Gasteiger partial charge in [0.15, 0.2) is 0 Å². The van der Waals surface area contributed by atoms with Crippen molar-refractivity contribution in [2.75, 3.05) is 11.4 Å². The van der Waals surface area contributed by atoms with Crippen molar-refractivity contribution in [2.24, 2.45) is 10.4 Å². The SMILES string of the molecule is C=C(F)C(=N/C=C\C)C12CC(C1)N(c1ncc(-c3cnc(=O)[nH]c3)cn1)C2. The van der Waals surface area contributed by atoms with E-state index in [0.717, 1.165) is 24.0 Å². The van der Waals surface area contributed by atoms with Crippen molar-refractivity contribution >= 4 is 11.7 Å². The molecule has 2 saturated heterocycles. The van der Waals surface area contributed by atoms with Gasteiger partial charge in [0.1, 0.15) is 5.83 Å². The highest BCUT2D eigenvalue weighted by Gasteiger charge is 2.59. The average Bonchev–Trinajstić information content (AvgIpc) is 3.19. The van der Waals surface area contributed by atoms with E-state index >= 15 is 0 Å². The second-order valence-electron chi connectivity index (χ2n) is 6.91. The lowest BCUT2D eigenvalue weighted by molar-refractivity contribution is 0.297. The molecule has 0 atom stereocenters. The largest absolute Gasteiger partial charge is 0.344 e. The summed E-state index contributed by atoms with van der Waals surface area (Å²) in [5.74, 6) is 0.130. The fraction of sp³-hybridized carbons (Fsp3) is 0.316. The Bertz CT molecular complexity index is 968. The number of hydrogen-bond donors (Lipinski definition) is 1. The summed E-state index contributed by atoms with van der Waals surface area (Å²) in [5, 5.41) is 0. The summed E-state index contributed by atoms with van der Waals surface area (Å²) in [5.41, 5.74) is 1.20. The van der Waals surface area contributed by atoms with Crippen molar-refractivity contribution in [1.82, 2.24) is 19.9 Å². The number of nitrogens with one attached hydrogen (secondary N) is 1. The molecule has 4 heterocycles. The van der Waals surface area contributed by atoms with E-state index in [1.165, 1.54) is 6.20 Å². The number of nitrogens with zero attached hydrogens (tertiary/aromatic N) is 5. The normalized spacial score (nSPS) is 24.3. The fourth-order valence-corrected chi connectivity index (χ4v) is 3.91. The number of H-pyrrole nitrogens is 1. The second-order valence-corrected chi connectivity index (χ2v) is 6.91. The molecule has 7 nitrogen and oxygen atoms in total. The van der Waals surface area contributed by atoms with Crippen LogP contribution in [0.25, 0.3) is 11.1 Å². The Morgan fingerprint density at radius 1 is 1.33 bits per heavy atom. The van der Waals surface area contributed by atoms with Gasteiger partial charge in [-0.2, -0.15) is 0 Å². The molecule has 3 aliphatic rings. The average molecular weight is 366 g/mol. The van der Waals surface area contributed by atoms with E-state index < -0.39 is 11.5 Å². The summed E-state index contributed by atoms with van der Waals surface area (Å²) in [6.07, 6.45) is 11.5. The van der Waals surface area contributed by atoms with Crippen molar-refractivity contribution in [3.8, 4) is 11.1 Å². The highest BCUT2D eigenvalue weighted by atomic mass is 19.1. The van der Waals surface area contributed by atoms with Crippen LogP contribution in [0.1, 0.15) is 19.8 Å². The van der Waals surface area contributed by atoms with Crippen molar-refractivity contribution in [3.05, 3.63) is 60.0 Å². The topological polar surface area (TPSA) is 87.1 Å². The Hall–Kier alpha value is -3.16. The summed E-state index contributed by atoms with van der Waals surface area (Å²) >= 11 is 0. The van der Waals surface area contributed by atoms with Crippen LogP contribution >= 0.6 is 0 Å². The molecule has 0 radical (unpaired) electrons. The van der Waals surface area contributed by atoms with E-state index in [1.54, 1.807) is 30.9 Å². The first-order valence-corrected chi connectivity index (χ1v) is 8.70. The van der Waals surface area contributed by atoms with E-state index in [0.29, 0.717) is 18.2 Å². The zero-order valence-electron chi connectivity index (χ0n) is 14.9. The fourth-order valence-electron chi connectivity index (χ4n) is 3.91. The van der Waals surface area contributed by atoms with Crippen LogP contribution in [0.4, 0.5) is 10.3 Å². The molecule has 1 saturated carbocycles. The number of halogens is 1.